The summed E-state index contributed by atoms with van der Waals surface area (Å²) in [5.41, 5.74) is 8.54. The van der Waals surface area contributed by atoms with E-state index in [4.69, 9.17) is 0 Å². The van der Waals surface area contributed by atoms with Gasteiger partial charge in [-0.25, -0.2) is 0 Å². The van der Waals surface area contributed by atoms with E-state index in [2.05, 4.69) is 60.8 Å². The predicted molar refractivity (Wildman–Crippen MR) is 74.4 cm³/mol. The SMILES string of the molecule is CC1=CC2=C(Br)C3C(C)=C(C)N(C)C3=[C]([Zr+3])C2=C1.[Cl-].[Cl-].[Cl-]. The van der Waals surface area contributed by atoms with E-state index in [-0.39, 0.29) is 37.2 Å². The number of nitrogens with zero attached hydrogens (tertiary/aromatic N) is 1. The molecule has 6 heteroatoms. The molecule has 1 aliphatic heterocycles. The van der Waals surface area contributed by atoms with Gasteiger partial charge in [-0.15, -0.1) is 0 Å². The van der Waals surface area contributed by atoms with Gasteiger partial charge in [-0.05, 0) is 0 Å². The molecule has 0 saturated carbocycles. The van der Waals surface area contributed by atoms with Crippen molar-refractivity contribution in [1.29, 1.82) is 0 Å². The largest absolute Gasteiger partial charge is 1.00 e. The molecule has 0 fully saturated rings. The number of rotatable bonds is 0. The number of fused-ring (bicyclic) bond motifs is 2. The van der Waals surface area contributed by atoms with Crippen molar-refractivity contribution in [2.75, 3.05) is 7.05 Å². The quantitative estimate of drug-likeness (QED) is 0.332. The van der Waals surface area contributed by atoms with E-state index in [0.29, 0.717) is 5.92 Å². The zero-order valence-corrected chi connectivity index (χ0v) is 18.5. The van der Waals surface area contributed by atoms with Crippen LogP contribution < -0.4 is 37.2 Å². The normalized spacial score (nSPS) is 23.0. The van der Waals surface area contributed by atoms with Crippen LogP contribution in [0, 0.1) is 5.92 Å². The fourth-order valence-corrected chi connectivity index (χ4v) is 5.19. The maximum atomic E-state index is 3.86. The van der Waals surface area contributed by atoms with Crippen LogP contribution in [-0.2, 0) is 24.7 Å². The molecule has 1 heterocycles. The molecule has 0 aromatic rings. The zero-order valence-electron chi connectivity index (χ0n) is 12.2. The second kappa shape index (κ2) is 7.53. The second-order valence-electron chi connectivity index (χ2n) is 5.23. The van der Waals surface area contributed by atoms with Crippen molar-refractivity contribution in [2.45, 2.75) is 20.8 Å². The van der Waals surface area contributed by atoms with Gasteiger partial charge in [-0.1, -0.05) is 0 Å². The molecule has 0 bridgehead atoms. The first-order valence-electron chi connectivity index (χ1n) is 6.10. The van der Waals surface area contributed by atoms with E-state index in [0.717, 1.165) is 0 Å². The molecule has 1 nitrogen and oxygen atoms in total. The summed E-state index contributed by atoms with van der Waals surface area (Å²) in [5.74, 6) is 0.443. The van der Waals surface area contributed by atoms with Crippen molar-refractivity contribution < 1.29 is 61.9 Å². The van der Waals surface area contributed by atoms with Gasteiger partial charge in [-0.2, -0.15) is 0 Å². The van der Waals surface area contributed by atoms with Gasteiger partial charge < -0.3 is 37.2 Å². The molecule has 0 radical (unpaired) electrons. The summed E-state index contributed by atoms with van der Waals surface area (Å²) >= 11 is 5.37. The van der Waals surface area contributed by atoms with Gasteiger partial charge in [0.05, 0.1) is 0 Å². The van der Waals surface area contributed by atoms with Crippen LogP contribution in [0.15, 0.2) is 53.6 Å². The summed E-state index contributed by atoms with van der Waals surface area (Å²) < 4.78 is 2.85. The van der Waals surface area contributed by atoms with Crippen molar-refractivity contribution in [2.24, 2.45) is 5.92 Å². The van der Waals surface area contributed by atoms with E-state index in [9.17, 15) is 0 Å². The van der Waals surface area contributed by atoms with Crippen LogP contribution in [0.4, 0.5) is 0 Å². The van der Waals surface area contributed by atoms with Crippen LogP contribution in [-0.4, -0.2) is 11.9 Å². The summed E-state index contributed by atoms with van der Waals surface area (Å²) in [6, 6.07) is 0. The molecule has 0 amide bonds. The molecule has 1 atom stereocenters. The third-order valence-electron chi connectivity index (χ3n) is 4.21. The van der Waals surface area contributed by atoms with Crippen LogP contribution in [0.25, 0.3) is 0 Å². The van der Waals surface area contributed by atoms with E-state index >= 15 is 0 Å². The predicted octanol–water partition coefficient (Wildman–Crippen LogP) is -4.84. The Morgan fingerprint density at radius 2 is 1.67 bits per heavy atom. The Labute approximate surface area is 168 Å². The summed E-state index contributed by atoms with van der Waals surface area (Å²) in [6.45, 7) is 6.66. The second-order valence-corrected chi connectivity index (χ2v) is 7.31. The number of allylic oxidation sites excluding steroid dienone is 8. The van der Waals surface area contributed by atoms with Gasteiger partial charge in [0.15, 0.2) is 0 Å². The number of hydrogen-bond donors (Lipinski definition) is 0. The molecular weight excluding hydrogens is 472 g/mol. The summed E-state index contributed by atoms with van der Waals surface area (Å²) in [4.78, 5) is 2.37. The van der Waals surface area contributed by atoms with Gasteiger partial charge in [-0.3, -0.25) is 0 Å². The Hall–Kier alpha value is 0.733. The average molecular weight is 487 g/mol. The fourth-order valence-electron chi connectivity index (χ4n) is 3.03. The Morgan fingerprint density at radius 1 is 1.10 bits per heavy atom. The Morgan fingerprint density at radius 3 is 2.24 bits per heavy atom. The van der Waals surface area contributed by atoms with Crippen molar-refractivity contribution in [3.05, 3.63) is 53.6 Å². The third kappa shape index (κ3) is 3.06. The first-order chi connectivity index (χ1) is 8.43. The van der Waals surface area contributed by atoms with Gasteiger partial charge >= 0.3 is 133 Å². The maximum Gasteiger partial charge on any atom is -1.00 e. The number of hydrogen-bond acceptors (Lipinski definition) is 1. The van der Waals surface area contributed by atoms with Crippen molar-refractivity contribution in [3.8, 4) is 0 Å². The summed E-state index contributed by atoms with van der Waals surface area (Å²) in [6.07, 6.45) is 4.63. The molecule has 0 spiro atoms. The monoisotopic (exact) mass is 483 g/mol. The van der Waals surface area contributed by atoms with Gasteiger partial charge in [0.1, 0.15) is 0 Å². The summed E-state index contributed by atoms with van der Waals surface area (Å²) in [5, 5.41) is 0. The minimum atomic E-state index is 0. The zero-order chi connectivity index (χ0) is 13.2. The molecule has 3 aliphatic rings. The third-order valence-corrected chi connectivity index (χ3v) is 6.39. The molecule has 2 aliphatic carbocycles. The molecule has 21 heavy (non-hydrogen) atoms. The molecule has 0 aromatic heterocycles. The van der Waals surface area contributed by atoms with Crippen molar-refractivity contribution >= 4 is 15.9 Å². The molecule has 112 valence electrons. The Bertz CT molecular complexity index is 629. The van der Waals surface area contributed by atoms with Gasteiger partial charge in [0.2, 0.25) is 0 Å². The van der Waals surface area contributed by atoms with Crippen molar-refractivity contribution in [3.63, 3.8) is 0 Å². The molecular formula is C15H15BrCl3NZr. The maximum absolute atomic E-state index is 3.86. The van der Waals surface area contributed by atoms with Crippen LogP contribution in [0.5, 0.6) is 0 Å². The van der Waals surface area contributed by atoms with E-state index in [1.54, 1.807) is 0 Å². The minimum Gasteiger partial charge on any atom is -1.00 e. The van der Waals surface area contributed by atoms with Crippen LogP contribution >= 0.6 is 15.9 Å². The van der Waals surface area contributed by atoms with Crippen molar-refractivity contribution in [1.82, 2.24) is 4.90 Å². The molecule has 3 rings (SSSR count). The fraction of sp³-hybridized carbons (Fsp3) is 0.333. The minimum absolute atomic E-state index is 0. The first-order valence-corrected chi connectivity index (χ1v) is 8.13. The molecule has 0 aromatic carbocycles. The van der Waals surface area contributed by atoms with Gasteiger partial charge in [0.25, 0.3) is 0 Å². The molecule has 1 unspecified atom stereocenters. The van der Waals surface area contributed by atoms with Crippen LogP contribution in [0.2, 0.25) is 0 Å². The Kier molecular flexibility index (Phi) is 7.80. The standard InChI is InChI=1S/C15H15BrN.3ClH.Zr/c1-8-5-11-7-13-14(15(16)12(11)6-8)9(2)10(3)17(13)4;;;;/h5-6,14H,1-4H3;3*1H;/q;;;;+3/p-3. The topological polar surface area (TPSA) is 3.24 Å². The van der Waals surface area contributed by atoms with Crippen LogP contribution in [0.3, 0.4) is 0 Å². The average Bonchev–Trinajstić information content (AvgIpc) is 2.81. The van der Waals surface area contributed by atoms with E-state index in [1.807, 2.05) is 0 Å². The molecule has 0 N–H and O–H groups in total. The first kappa shape index (κ1) is 21.7. The van der Waals surface area contributed by atoms with E-state index in [1.165, 1.54) is 66.2 Å². The smallest absolute Gasteiger partial charge is 1.00 e. The van der Waals surface area contributed by atoms with Crippen LogP contribution in [0.1, 0.15) is 20.8 Å². The number of halogens is 4. The Balaban J connectivity index is 0.00000133. The van der Waals surface area contributed by atoms with E-state index < -0.39 is 0 Å². The molecule has 0 saturated heterocycles. The van der Waals surface area contributed by atoms with Gasteiger partial charge in [0, 0.05) is 0 Å². The summed E-state index contributed by atoms with van der Waals surface area (Å²) in [7, 11) is 2.19.